The lowest BCUT2D eigenvalue weighted by molar-refractivity contribution is 0.320. The monoisotopic (exact) mass is 279 g/mol. The molecule has 20 heavy (non-hydrogen) atoms. The Hall–Kier alpha value is -1.16. The van der Waals surface area contributed by atoms with Gasteiger partial charge in [-0.2, -0.15) is 4.98 Å². The van der Waals surface area contributed by atoms with Crippen LogP contribution in [0.5, 0.6) is 5.88 Å². The Morgan fingerprint density at radius 1 is 1.20 bits per heavy atom. The summed E-state index contributed by atoms with van der Waals surface area (Å²) in [7, 11) is 0. The fourth-order valence-electron chi connectivity index (χ4n) is 2.63. The van der Waals surface area contributed by atoms with Gasteiger partial charge in [-0.05, 0) is 39.7 Å². The molecule has 0 aromatic carbocycles. The summed E-state index contributed by atoms with van der Waals surface area (Å²) in [5, 5.41) is 3.58. The molecule has 2 unspecified atom stereocenters. The van der Waals surface area contributed by atoms with Gasteiger partial charge in [0.05, 0.1) is 12.3 Å². The maximum Gasteiger partial charge on any atom is 0.216 e. The molecule has 0 aliphatic heterocycles. The molecule has 0 radical (unpaired) electrons. The zero-order chi connectivity index (χ0) is 15.1. The number of nitrogens with one attached hydrogen (secondary N) is 1. The molecule has 1 heterocycles. The highest BCUT2D eigenvalue weighted by molar-refractivity contribution is 5.21. The lowest BCUT2D eigenvalue weighted by Gasteiger charge is -2.28. The lowest BCUT2D eigenvalue weighted by atomic mass is 9.86. The Morgan fingerprint density at radius 3 is 2.45 bits per heavy atom. The van der Waals surface area contributed by atoms with Crippen molar-refractivity contribution in [1.82, 2.24) is 15.3 Å². The number of hydrogen-bond acceptors (Lipinski definition) is 4. The van der Waals surface area contributed by atoms with Crippen molar-refractivity contribution in [1.29, 1.82) is 0 Å². The minimum Gasteiger partial charge on any atom is -0.478 e. The molecular formula is C16H29N3O. The number of nitrogens with zero attached hydrogens (tertiary/aromatic N) is 2. The summed E-state index contributed by atoms with van der Waals surface area (Å²) in [4.78, 5) is 8.97. The smallest absolute Gasteiger partial charge is 0.216 e. The van der Waals surface area contributed by atoms with Crippen LogP contribution in [-0.2, 0) is 0 Å². The summed E-state index contributed by atoms with van der Waals surface area (Å²) in [6.45, 7) is 14.5. The topological polar surface area (TPSA) is 47.0 Å². The van der Waals surface area contributed by atoms with E-state index >= 15 is 0 Å². The van der Waals surface area contributed by atoms with Crippen LogP contribution in [0.1, 0.15) is 58.5 Å². The van der Waals surface area contributed by atoms with E-state index in [4.69, 9.17) is 4.74 Å². The minimum absolute atomic E-state index is 0.363. The van der Waals surface area contributed by atoms with E-state index in [1.165, 1.54) is 0 Å². The van der Waals surface area contributed by atoms with Gasteiger partial charge in [0, 0.05) is 18.0 Å². The summed E-state index contributed by atoms with van der Waals surface area (Å²) >= 11 is 0. The van der Waals surface area contributed by atoms with Crippen LogP contribution < -0.4 is 10.1 Å². The zero-order valence-electron chi connectivity index (χ0n) is 13.7. The molecule has 0 bridgehead atoms. The molecule has 1 N–H and O–H groups in total. The average molecular weight is 279 g/mol. The Kier molecular flexibility index (Phi) is 6.93. The first-order valence-corrected chi connectivity index (χ1v) is 7.71. The van der Waals surface area contributed by atoms with E-state index in [1.54, 1.807) is 0 Å². The molecule has 0 saturated carbocycles. The van der Waals surface area contributed by atoms with Gasteiger partial charge >= 0.3 is 0 Å². The maximum absolute atomic E-state index is 5.55. The average Bonchev–Trinajstić information content (AvgIpc) is 2.35. The fraction of sp³-hybridized carbons (Fsp3) is 0.750. The summed E-state index contributed by atoms with van der Waals surface area (Å²) in [5.74, 6) is 2.34. The fourth-order valence-corrected chi connectivity index (χ4v) is 2.63. The van der Waals surface area contributed by atoms with Gasteiger partial charge in [-0.3, -0.25) is 0 Å². The van der Waals surface area contributed by atoms with Gasteiger partial charge in [0.2, 0.25) is 5.88 Å². The number of aromatic nitrogens is 2. The summed E-state index contributed by atoms with van der Waals surface area (Å²) in [6, 6.07) is 2.38. The van der Waals surface area contributed by atoms with Gasteiger partial charge in [-0.1, -0.05) is 20.8 Å². The zero-order valence-corrected chi connectivity index (χ0v) is 13.7. The van der Waals surface area contributed by atoms with Crippen molar-refractivity contribution in [2.45, 2.75) is 59.9 Å². The van der Waals surface area contributed by atoms with Crippen molar-refractivity contribution in [2.24, 2.45) is 5.92 Å². The Bertz CT molecular complexity index is 407. The standard InChI is InChI=1S/C16H29N3O/c1-7-9-17-12(5)16(11(3)4)14-10-15(20-8-2)19-13(6)18-14/h10-12,16-17H,7-9H2,1-6H3. The molecule has 4 heteroatoms. The third kappa shape index (κ3) is 4.75. The van der Waals surface area contributed by atoms with E-state index in [2.05, 4.69) is 43.0 Å². The van der Waals surface area contributed by atoms with Crippen LogP contribution in [-0.4, -0.2) is 29.2 Å². The SMILES string of the molecule is CCCNC(C)C(c1cc(OCC)nc(C)n1)C(C)C. The molecule has 1 rings (SSSR count). The summed E-state index contributed by atoms with van der Waals surface area (Å²) < 4.78 is 5.55. The molecule has 114 valence electrons. The molecule has 2 atom stereocenters. The van der Waals surface area contributed by atoms with E-state index in [1.807, 2.05) is 19.9 Å². The molecule has 0 spiro atoms. The molecule has 0 fully saturated rings. The van der Waals surface area contributed by atoms with Crippen LogP contribution in [0, 0.1) is 12.8 Å². The minimum atomic E-state index is 0.363. The van der Waals surface area contributed by atoms with Crippen LogP contribution in [0.25, 0.3) is 0 Å². The molecular weight excluding hydrogens is 250 g/mol. The van der Waals surface area contributed by atoms with Crippen LogP contribution in [0.4, 0.5) is 0 Å². The normalized spacial score (nSPS) is 14.3. The van der Waals surface area contributed by atoms with Crippen molar-refractivity contribution in [3.8, 4) is 5.88 Å². The van der Waals surface area contributed by atoms with E-state index in [0.717, 1.165) is 24.5 Å². The first-order chi connectivity index (χ1) is 9.49. The van der Waals surface area contributed by atoms with E-state index in [9.17, 15) is 0 Å². The number of ether oxygens (including phenoxy) is 1. The first kappa shape index (κ1) is 16.9. The summed E-state index contributed by atoms with van der Waals surface area (Å²) in [5.41, 5.74) is 1.08. The second-order valence-corrected chi connectivity index (χ2v) is 5.62. The van der Waals surface area contributed by atoms with Gasteiger partial charge < -0.3 is 10.1 Å². The number of hydrogen-bond donors (Lipinski definition) is 1. The van der Waals surface area contributed by atoms with Crippen molar-refractivity contribution in [2.75, 3.05) is 13.2 Å². The number of rotatable bonds is 8. The van der Waals surface area contributed by atoms with Crippen molar-refractivity contribution in [3.63, 3.8) is 0 Å². The van der Waals surface area contributed by atoms with Crippen LogP contribution in [0.3, 0.4) is 0 Å². The van der Waals surface area contributed by atoms with Gasteiger partial charge in [0.25, 0.3) is 0 Å². The van der Waals surface area contributed by atoms with Crippen LogP contribution >= 0.6 is 0 Å². The van der Waals surface area contributed by atoms with Crippen molar-refractivity contribution in [3.05, 3.63) is 17.6 Å². The molecule has 4 nitrogen and oxygen atoms in total. The second-order valence-electron chi connectivity index (χ2n) is 5.62. The van der Waals surface area contributed by atoms with Crippen molar-refractivity contribution >= 4 is 0 Å². The van der Waals surface area contributed by atoms with Gasteiger partial charge in [0.1, 0.15) is 5.82 Å². The highest BCUT2D eigenvalue weighted by Gasteiger charge is 2.24. The third-order valence-corrected chi connectivity index (χ3v) is 3.44. The molecule has 0 aliphatic carbocycles. The Balaban J connectivity index is 3.01. The second kappa shape index (κ2) is 8.20. The summed E-state index contributed by atoms with van der Waals surface area (Å²) in [6.07, 6.45) is 1.14. The van der Waals surface area contributed by atoms with Gasteiger partial charge in [-0.15, -0.1) is 0 Å². The molecule has 0 saturated heterocycles. The highest BCUT2D eigenvalue weighted by atomic mass is 16.5. The molecule has 1 aromatic rings. The molecule has 0 amide bonds. The Labute approximate surface area is 123 Å². The quantitative estimate of drug-likeness (QED) is 0.793. The maximum atomic E-state index is 5.55. The van der Waals surface area contributed by atoms with Gasteiger partial charge in [0.15, 0.2) is 0 Å². The van der Waals surface area contributed by atoms with Crippen LogP contribution in [0.2, 0.25) is 0 Å². The highest BCUT2D eigenvalue weighted by Crippen LogP contribution is 2.28. The van der Waals surface area contributed by atoms with E-state index in [-0.39, 0.29) is 0 Å². The van der Waals surface area contributed by atoms with E-state index in [0.29, 0.717) is 30.4 Å². The number of aryl methyl sites for hydroxylation is 1. The third-order valence-electron chi connectivity index (χ3n) is 3.44. The van der Waals surface area contributed by atoms with E-state index < -0.39 is 0 Å². The first-order valence-electron chi connectivity index (χ1n) is 7.71. The predicted molar refractivity (Wildman–Crippen MR) is 83.3 cm³/mol. The van der Waals surface area contributed by atoms with Crippen molar-refractivity contribution < 1.29 is 4.74 Å². The largest absolute Gasteiger partial charge is 0.478 e. The van der Waals surface area contributed by atoms with Crippen LogP contribution in [0.15, 0.2) is 6.07 Å². The Morgan fingerprint density at radius 2 is 1.90 bits per heavy atom. The molecule has 1 aromatic heterocycles. The lowest BCUT2D eigenvalue weighted by Crippen LogP contribution is -2.35. The predicted octanol–water partition coefficient (Wildman–Crippen LogP) is 3.31. The van der Waals surface area contributed by atoms with Gasteiger partial charge in [-0.25, -0.2) is 4.98 Å². The molecule has 0 aliphatic rings.